The van der Waals surface area contributed by atoms with Gasteiger partial charge in [0.05, 0.1) is 12.2 Å². The first-order valence-electron chi connectivity index (χ1n) is 16.7. The Bertz CT molecular complexity index is 1810. The van der Waals surface area contributed by atoms with Gasteiger partial charge in [0, 0.05) is 30.1 Å². The number of halogens is 6. The maximum atomic E-state index is 12.8. The predicted molar refractivity (Wildman–Crippen MR) is 179 cm³/mol. The highest BCUT2D eigenvalue weighted by Gasteiger charge is 2.60. The van der Waals surface area contributed by atoms with Crippen molar-refractivity contribution in [2.75, 3.05) is 32.7 Å². The molecule has 2 fully saturated rings. The van der Waals surface area contributed by atoms with Crippen LogP contribution in [0.3, 0.4) is 0 Å². The SMILES string of the molecule is NC(=O)C1(C(F)(F)F)CCN(CC(F)(F)F)CC1.O=C(O)CCc1cccc2c(-c3nccc4c(CN5CCCCC5)cccc34)cccc12. The molecule has 2 saturated heterocycles. The maximum Gasteiger partial charge on any atom is 0.403 e. The number of hydrogen-bond donors (Lipinski definition) is 2. The summed E-state index contributed by atoms with van der Waals surface area (Å²) in [7, 11) is 0. The topological polar surface area (TPSA) is 99.8 Å². The molecular weight excluding hydrogens is 662 g/mol. The van der Waals surface area contributed by atoms with Gasteiger partial charge >= 0.3 is 18.3 Å². The molecule has 3 aromatic carbocycles. The predicted octanol–water partition coefficient (Wildman–Crippen LogP) is 7.74. The van der Waals surface area contributed by atoms with Crippen LogP contribution in [-0.4, -0.2) is 76.8 Å². The molecule has 1 aromatic heterocycles. The van der Waals surface area contributed by atoms with Crippen LogP contribution in [0.5, 0.6) is 0 Å². The van der Waals surface area contributed by atoms with E-state index in [2.05, 4.69) is 53.4 Å². The molecule has 0 aliphatic carbocycles. The number of likely N-dealkylation sites (tertiary alicyclic amines) is 2. The van der Waals surface area contributed by atoms with Gasteiger partial charge in [0.2, 0.25) is 5.91 Å². The number of hydrogen-bond acceptors (Lipinski definition) is 5. The van der Waals surface area contributed by atoms with Crippen molar-refractivity contribution in [3.63, 3.8) is 0 Å². The number of carboxylic acids is 1. The van der Waals surface area contributed by atoms with Crippen molar-refractivity contribution in [3.8, 4) is 11.3 Å². The van der Waals surface area contributed by atoms with E-state index in [1.165, 1.54) is 48.7 Å². The van der Waals surface area contributed by atoms with Gasteiger partial charge < -0.3 is 10.8 Å². The third-order valence-corrected chi connectivity index (χ3v) is 9.74. The molecule has 7 nitrogen and oxygen atoms in total. The third kappa shape index (κ3) is 8.55. The first-order chi connectivity index (χ1) is 23.7. The lowest BCUT2D eigenvalue weighted by Crippen LogP contribution is -2.56. The van der Waals surface area contributed by atoms with Crippen LogP contribution in [0.2, 0.25) is 0 Å². The van der Waals surface area contributed by atoms with Crippen molar-refractivity contribution in [2.24, 2.45) is 11.1 Å². The molecule has 3 heterocycles. The summed E-state index contributed by atoms with van der Waals surface area (Å²) in [6.07, 6.45) is -4.26. The van der Waals surface area contributed by atoms with E-state index in [-0.39, 0.29) is 6.42 Å². The standard InChI is InChI=1S/C28H28N2O2.C9H12F6N2O/c31-27(32)14-13-20-7-4-10-24-22(20)9-6-12-26(24)28-25-11-5-8-21(23(25)15-16-29-28)19-30-17-2-1-3-18-30;10-8(11,12)5-17-3-1-7(2-4-17,6(16)18)9(13,14)15/h4-12,15-16H,1-3,13-14,17-19H2,(H,31,32);1-5H2,(H2,16,18). The number of carbonyl (C=O) groups is 2. The molecule has 268 valence electrons. The van der Waals surface area contributed by atoms with Crippen LogP contribution in [0.25, 0.3) is 32.8 Å². The van der Waals surface area contributed by atoms with Gasteiger partial charge in [-0.3, -0.25) is 24.4 Å². The second-order valence-electron chi connectivity index (χ2n) is 13.1. The fourth-order valence-electron chi connectivity index (χ4n) is 7.04. The van der Waals surface area contributed by atoms with E-state index in [1.54, 1.807) is 0 Å². The number of pyridine rings is 1. The Morgan fingerprint density at radius 1 is 0.760 bits per heavy atom. The van der Waals surface area contributed by atoms with Gasteiger partial charge in [-0.1, -0.05) is 61.0 Å². The molecule has 2 aliphatic rings. The summed E-state index contributed by atoms with van der Waals surface area (Å²) in [5.41, 5.74) is 6.57. The number of aromatic nitrogens is 1. The number of carboxylic acid groups (broad SMARTS) is 1. The lowest BCUT2D eigenvalue weighted by atomic mass is 9.77. The maximum absolute atomic E-state index is 12.8. The van der Waals surface area contributed by atoms with Crippen LogP contribution in [0.4, 0.5) is 26.3 Å². The minimum Gasteiger partial charge on any atom is -0.481 e. The number of amides is 1. The average molecular weight is 703 g/mol. The van der Waals surface area contributed by atoms with Gasteiger partial charge in [0.15, 0.2) is 0 Å². The lowest BCUT2D eigenvalue weighted by molar-refractivity contribution is -0.234. The Labute approximate surface area is 286 Å². The van der Waals surface area contributed by atoms with Gasteiger partial charge in [-0.2, -0.15) is 26.3 Å². The monoisotopic (exact) mass is 702 g/mol. The number of piperidine rings is 2. The smallest absolute Gasteiger partial charge is 0.403 e. The zero-order valence-corrected chi connectivity index (χ0v) is 27.5. The second-order valence-corrected chi connectivity index (χ2v) is 13.1. The first kappa shape index (κ1) is 37.0. The number of aliphatic carboxylic acids is 1. The Kier molecular flexibility index (Phi) is 11.4. The van der Waals surface area contributed by atoms with Crippen LogP contribution >= 0.6 is 0 Å². The molecule has 1 amide bonds. The highest BCUT2D eigenvalue weighted by Crippen LogP contribution is 2.46. The van der Waals surface area contributed by atoms with E-state index >= 15 is 0 Å². The largest absolute Gasteiger partial charge is 0.481 e. The number of aryl methyl sites for hydroxylation is 1. The number of nitrogens with two attached hydrogens (primary N) is 1. The average Bonchev–Trinajstić information content (AvgIpc) is 3.07. The van der Waals surface area contributed by atoms with Crippen molar-refractivity contribution in [1.82, 2.24) is 14.8 Å². The minimum absolute atomic E-state index is 0.135. The molecule has 50 heavy (non-hydrogen) atoms. The van der Waals surface area contributed by atoms with Crippen LogP contribution < -0.4 is 5.73 Å². The van der Waals surface area contributed by atoms with Gasteiger partial charge in [0.25, 0.3) is 0 Å². The molecule has 0 atom stereocenters. The van der Waals surface area contributed by atoms with Crippen molar-refractivity contribution >= 4 is 33.4 Å². The zero-order chi connectivity index (χ0) is 36.1. The number of alkyl halides is 6. The van der Waals surface area contributed by atoms with Gasteiger partial charge in [-0.05, 0) is 91.6 Å². The molecule has 0 saturated carbocycles. The van der Waals surface area contributed by atoms with Gasteiger partial charge in [0.1, 0.15) is 5.41 Å². The van der Waals surface area contributed by atoms with Crippen molar-refractivity contribution in [3.05, 3.63) is 78.0 Å². The van der Waals surface area contributed by atoms with E-state index in [0.717, 1.165) is 39.0 Å². The summed E-state index contributed by atoms with van der Waals surface area (Å²) >= 11 is 0. The van der Waals surface area contributed by atoms with Crippen LogP contribution in [-0.2, 0) is 22.6 Å². The highest BCUT2D eigenvalue weighted by atomic mass is 19.4. The van der Waals surface area contributed by atoms with E-state index in [0.29, 0.717) is 6.42 Å². The molecule has 3 N–H and O–H groups in total. The van der Waals surface area contributed by atoms with Crippen molar-refractivity contribution < 1.29 is 41.0 Å². The van der Waals surface area contributed by atoms with E-state index < -0.39 is 62.1 Å². The molecule has 13 heteroatoms. The zero-order valence-electron chi connectivity index (χ0n) is 27.5. The molecule has 2 aliphatic heterocycles. The van der Waals surface area contributed by atoms with E-state index in [4.69, 9.17) is 15.8 Å². The van der Waals surface area contributed by atoms with Crippen LogP contribution in [0, 0.1) is 5.41 Å². The molecule has 6 rings (SSSR count). The number of rotatable bonds is 8. The number of primary amides is 1. The van der Waals surface area contributed by atoms with Crippen molar-refractivity contribution in [2.45, 2.75) is 63.8 Å². The Hall–Kier alpha value is -4.23. The summed E-state index contributed by atoms with van der Waals surface area (Å²) in [4.78, 5) is 30.3. The summed E-state index contributed by atoms with van der Waals surface area (Å²) < 4.78 is 74.5. The summed E-state index contributed by atoms with van der Waals surface area (Å²) in [6.45, 7) is 1.15. The Morgan fingerprint density at radius 3 is 1.98 bits per heavy atom. The quantitative estimate of drug-likeness (QED) is 0.182. The van der Waals surface area contributed by atoms with E-state index in [1.807, 2.05) is 18.3 Å². The molecule has 0 unspecified atom stereocenters. The number of benzene rings is 3. The number of nitrogens with zero attached hydrogens (tertiary/aromatic N) is 3. The van der Waals surface area contributed by atoms with Crippen LogP contribution in [0.1, 0.15) is 49.7 Å². The van der Waals surface area contributed by atoms with Crippen LogP contribution in [0.15, 0.2) is 66.9 Å². The number of carbonyl (C=O) groups excluding carboxylic acids is 1. The third-order valence-electron chi connectivity index (χ3n) is 9.74. The highest BCUT2D eigenvalue weighted by molar-refractivity contribution is 6.05. The number of fused-ring (bicyclic) bond motifs is 2. The first-order valence-corrected chi connectivity index (χ1v) is 16.7. The van der Waals surface area contributed by atoms with Gasteiger partial charge in [-0.25, -0.2) is 0 Å². The molecule has 0 bridgehead atoms. The van der Waals surface area contributed by atoms with Gasteiger partial charge in [-0.15, -0.1) is 0 Å². The molecule has 0 radical (unpaired) electrons. The fourth-order valence-corrected chi connectivity index (χ4v) is 7.04. The summed E-state index contributed by atoms with van der Waals surface area (Å²) in [6, 6.07) is 21.1. The molecule has 4 aromatic rings. The van der Waals surface area contributed by atoms with E-state index in [9.17, 15) is 35.9 Å². The summed E-state index contributed by atoms with van der Waals surface area (Å²) in [5, 5.41) is 13.8. The normalized spacial score (nSPS) is 17.3. The Morgan fingerprint density at radius 2 is 1.36 bits per heavy atom. The minimum atomic E-state index is -4.83. The van der Waals surface area contributed by atoms with Crippen molar-refractivity contribution in [1.29, 1.82) is 0 Å². The lowest BCUT2D eigenvalue weighted by Gasteiger charge is -2.40. The second kappa shape index (κ2) is 15.3. The molecule has 0 spiro atoms. The molecular formula is C37H40F6N4O3. The summed E-state index contributed by atoms with van der Waals surface area (Å²) in [5.74, 6) is -2.29. The fraction of sp³-hybridized carbons (Fsp3) is 0.432. The Balaban J connectivity index is 0.000000231.